The second-order valence-electron chi connectivity index (χ2n) is 10.2. The molecule has 0 radical (unpaired) electrons. The molecule has 150 valence electrons. The molecule has 4 aliphatic rings. The second-order valence-corrected chi connectivity index (χ2v) is 10.2. The van der Waals surface area contributed by atoms with Crippen molar-refractivity contribution in [2.45, 2.75) is 108 Å². The Morgan fingerprint density at radius 3 is 2.48 bits per heavy atom. The van der Waals surface area contributed by atoms with E-state index in [9.17, 15) is 0 Å². The molecule has 2 bridgehead atoms. The summed E-state index contributed by atoms with van der Waals surface area (Å²) in [6.45, 7) is 2.43. The van der Waals surface area contributed by atoms with Crippen molar-refractivity contribution in [2.75, 3.05) is 7.05 Å². The molecule has 2 aliphatic carbocycles. The summed E-state index contributed by atoms with van der Waals surface area (Å²) in [5.74, 6) is 5.56. The van der Waals surface area contributed by atoms with E-state index in [1.54, 1.807) is 0 Å². The van der Waals surface area contributed by atoms with Crippen molar-refractivity contribution in [3.8, 4) is 0 Å². The maximum absolute atomic E-state index is 6.01. The van der Waals surface area contributed by atoms with Gasteiger partial charge in [0.25, 0.3) is 0 Å². The third-order valence-electron chi connectivity index (χ3n) is 8.69. The average molecular weight is 372 g/mol. The van der Waals surface area contributed by atoms with Gasteiger partial charge in [-0.25, -0.2) is 0 Å². The first-order valence-electron chi connectivity index (χ1n) is 11.8. The molecular formula is C23H37N3O. The molecule has 4 fully saturated rings. The monoisotopic (exact) mass is 371 g/mol. The van der Waals surface area contributed by atoms with Crippen molar-refractivity contribution in [3.05, 3.63) is 11.7 Å². The molecule has 4 atom stereocenters. The Morgan fingerprint density at radius 1 is 0.926 bits per heavy atom. The van der Waals surface area contributed by atoms with E-state index in [1.165, 1.54) is 77.0 Å². The summed E-state index contributed by atoms with van der Waals surface area (Å²) >= 11 is 0. The molecule has 0 amide bonds. The molecule has 1 aromatic heterocycles. The number of nitrogens with zero attached hydrogens (tertiary/aromatic N) is 3. The van der Waals surface area contributed by atoms with Crippen molar-refractivity contribution in [1.82, 2.24) is 15.0 Å². The van der Waals surface area contributed by atoms with Gasteiger partial charge in [0.1, 0.15) is 0 Å². The highest BCUT2D eigenvalue weighted by Crippen LogP contribution is 2.52. The fraction of sp³-hybridized carbons (Fsp3) is 0.913. The van der Waals surface area contributed by atoms with Gasteiger partial charge >= 0.3 is 0 Å². The van der Waals surface area contributed by atoms with Crippen LogP contribution in [0.1, 0.15) is 108 Å². The summed E-state index contributed by atoms with van der Waals surface area (Å²) in [5, 5.41) is 4.51. The van der Waals surface area contributed by atoms with E-state index in [4.69, 9.17) is 9.51 Å². The Morgan fingerprint density at radius 2 is 1.70 bits per heavy atom. The molecule has 2 saturated heterocycles. The number of hydrogen-bond acceptors (Lipinski definition) is 4. The lowest BCUT2D eigenvalue weighted by Gasteiger charge is -2.46. The number of likely N-dealkylation sites (N-methyl/N-ethyl adjacent to an activating group) is 1. The average Bonchev–Trinajstić information content (AvgIpc) is 3.26. The van der Waals surface area contributed by atoms with Gasteiger partial charge in [-0.2, -0.15) is 4.98 Å². The van der Waals surface area contributed by atoms with Crippen LogP contribution in [0.4, 0.5) is 0 Å². The van der Waals surface area contributed by atoms with Crippen molar-refractivity contribution in [2.24, 2.45) is 17.8 Å². The number of hydrogen-bond donors (Lipinski definition) is 0. The van der Waals surface area contributed by atoms with Crippen molar-refractivity contribution in [3.63, 3.8) is 0 Å². The summed E-state index contributed by atoms with van der Waals surface area (Å²) in [6, 6.07) is 1.41. The molecule has 4 heteroatoms. The first-order valence-corrected chi connectivity index (χ1v) is 11.8. The van der Waals surface area contributed by atoms with Gasteiger partial charge in [-0.05, 0) is 69.7 Å². The van der Waals surface area contributed by atoms with Crippen LogP contribution in [0, 0.1) is 17.8 Å². The smallest absolute Gasteiger partial charge is 0.231 e. The molecular weight excluding hydrogens is 334 g/mol. The predicted octanol–water partition coefficient (Wildman–Crippen LogP) is 5.51. The molecule has 2 aliphatic heterocycles. The summed E-state index contributed by atoms with van der Waals surface area (Å²) in [4.78, 5) is 7.71. The van der Waals surface area contributed by atoms with Gasteiger partial charge in [0.2, 0.25) is 5.89 Å². The normalized spacial score (nSPS) is 41.1. The molecule has 4 nitrogen and oxygen atoms in total. The minimum atomic E-state index is 0.469. The van der Waals surface area contributed by atoms with Crippen molar-refractivity contribution in [1.29, 1.82) is 0 Å². The van der Waals surface area contributed by atoms with E-state index in [2.05, 4.69) is 24.0 Å². The summed E-state index contributed by atoms with van der Waals surface area (Å²) in [7, 11) is 2.34. The highest BCUT2D eigenvalue weighted by atomic mass is 16.5. The molecule has 27 heavy (non-hydrogen) atoms. The molecule has 3 unspecified atom stereocenters. The van der Waals surface area contributed by atoms with Crippen molar-refractivity contribution >= 4 is 0 Å². The predicted molar refractivity (Wildman–Crippen MR) is 107 cm³/mol. The van der Waals surface area contributed by atoms with Crippen molar-refractivity contribution < 1.29 is 4.52 Å². The fourth-order valence-corrected chi connectivity index (χ4v) is 6.96. The molecule has 1 aromatic rings. The lowest BCUT2D eigenvalue weighted by atomic mass is 9.67. The molecule has 3 heterocycles. The van der Waals surface area contributed by atoms with Gasteiger partial charge in [0.15, 0.2) is 5.82 Å². The summed E-state index contributed by atoms with van der Waals surface area (Å²) in [5.41, 5.74) is 0. The van der Waals surface area contributed by atoms with Gasteiger partial charge in [0, 0.05) is 18.0 Å². The van der Waals surface area contributed by atoms with Crippen LogP contribution in [-0.2, 0) is 0 Å². The van der Waals surface area contributed by atoms with E-state index in [-0.39, 0.29) is 0 Å². The van der Waals surface area contributed by atoms with Crippen LogP contribution in [0.2, 0.25) is 0 Å². The Labute approximate surface area is 164 Å². The highest BCUT2D eigenvalue weighted by Gasteiger charge is 2.50. The van der Waals surface area contributed by atoms with Gasteiger partial charge in [-0.1, -0.05) is 44.2 Å². The molecule has 0 aromatic carbocycles. The number of piperidine rings is 1. The van der Waals surface area contributed by atoms with E-state index in [0.29, 0.717) is 17.9 Å². The quantitative estimate of drug-likeness (QED) is 0.702. The molecule has 0 spiro atoms. The zero-order valence-corrected chi connectivity index (χ0v) is 17.3. The third-order valence-corrected chi connectivity index (χ3v) is 8.69. The summed E-state index contributed by atoms with van der Waals surface area (Å²) in [6.07, 6.45) is 16.2. The fourth-order valence-electron chi connectivity index (χ4n) is 6.96. The summed E-state index contributed by atoms with van der Waals surface area (Å²) < 4.78 is 6.01. The first-order chi connectivity index (χ1) is 13.2. The lowest BCUT2D eigenvalue weighted by molar-refractivity contribution is 0.0449. The van der Waals surface area contributed by atoms with E-state index >= 15 is 0 Å². The van der Waals surface area contributed by atoms with Gasteiger partial charge < -0.3 is 4.52 Å². The van der Waals surface area contributed by atoms with Crippen LogP contribution in [-0.4, -0.2) is 34.2 Å². The van der Waals surface area contributed by atoms with E-state index < -0.39 is 0 Å². The van der Waals surface area contributed by atoms with Gasteiger partial charge in [-0.15, -0.1) is 0 Å². The first kappa shape index (κ1) is 18.1. The topological polar surface area (TPSA) is 42.2 Å². The van der Waals surface area contributed by atoms with E-state index in [0.717, 1.165) is 35.5 Å². The van der Waals surface area contributed by atoms with Gasteiger partial charge in [-0.3, -0.25) is 4.90 Å². The van der Waals surface area contributed by atoms with Crippen LogP contribution < -0.4 is 0 Å². The molecule has 2 saturated carbocycles. The third kappa shape index (κ3) is 3.36. The zero-order chi connectivity index (χ0) is 18.4. The number of fused-ring (bicyclic) bond motifs is 2. The standard InChI is InChI=1S/C23H37N3O/c1-15-8-10-16(11-9-15)19-14-18-12-13-20(26(18)2)21(19)23-24-22(25-27-23)17-6-4-3-5-7-17/h15-21H,3-14H2,1-2H3/t15?,16?,18?,19?,20?,21-/m1/s1. The molecule has 0 N–H and O–H groups in total. The van der Waals surface area contributed by atoms with Crippen LogP contribution in [0.25, 0.3) is 0 Å². The maximum Gasteiger partial charge on any atom is 0.231 e. The second kappa shape index (κ2) is 7.50. The minimum absolute atomic E-state index is 0.469. The zero-order valence-electron chi connectivity index (χ0n) is 17.3. The molecule has 5 rings (SSSR count). The van der Waals surface area contributed by atoms with Crippen LogP contribution in [0.3, 0.4) is 0 Å². The van der Waals surface area contributed by atoms with Crippen LogP contribution >= 0.6 is 0 Å². The lowest BCUT2D eigenvalue weighted by Crippen LogP contribution is -2.47. The maximum atomic E-state index is 6.01. The van der Waals surface area contributed by atoms with E-state index in [1.807, 2.05) is 0 Å². The van der Waals surface area contributed by atoms with Gasteiger partial charge in [0.05, 0.1) is 5.92 Å². The largest absolute Gasteiger partial charge is 0.339 e. The minimum Gasteiger partial charge on any atom is -0.339 e. The van der Waals surface area contributed by atoms with Crippen LogP contribution in [0.15, 0.2) is 4.52 Å². The Hall–Kier alpha value is -0.900. The Bertz CT molecular complexity index is 629. The SMILES string of the molecule is CC1CCC(C2CC3CCC([C@@H]2c2nc(C4CCCCC4)no2)N3C)CC1. The van der Waals surface area contributed by atoms with Crippen LogP contribution in [0.5, 0.6) is 0 Å². The Balaban J connectivity index is 1.41. The Kier molecular flexibility index (Phi) is 5.04. The number of aromatic nitrogens is 2. The number of rotatable bonds is 3. The highest BCUT2D eigenvalue weighted by molar-refractivity contribution is 5.12.